The smallest absolute Gasteiger partial charge is 0.0331 e. The van der Waals surface area contributed by atoms with Crippen molar-refractivity contribution in [3.63, 3.8) is 0 Å². The van der Waals surface area contributed by atoms with Crippen LogP contribution in [-0.4, -0.2) is 6.26 Å². The van der Waals surface area contributed by atoms with Crippen LogP contribution >= 0.6 is 11.8 Å². The average Bonchev–Trinajstić information content (AvgIpc) is 2.93. The molecule has 0 radical (unpaired) electrons. The van der Waals surface area contributed by atoms with E-state index in [4.69, 9.17) is 0 Å². The summed E-state index contributed by atoms with van der Waals surface area (Å²) in [6.07, 6.45) is 3.48. The quantitative estimate of drug-likeness (QED) is 0.587. The zero-order chi connectivity index (χ0) is 17.5. The summed E-state index contributed by atoms with van der Waals surface area (Å²) in [7, 11) is 0. The van der Waals surface area contributed by atoms with Crippen LogP contribution in [0.2, 0.25) is 0 Å². The van der Waals surface area contributed by atoms with Crippen molar-refractivity contribution in [1.29, 1.82) is 0 Å². The van der Waals surface area contributed by atoms with Gasteiger partial charge in [0.25, 0.3) is 0 Å². The predicted molar refractivity (Wildman–Crippen MR) is 109 cm³/mol. The molecule has 1 heteroatoms. The highest BCUT2D eigenvalue weighted by Gasteiger charge is 2.35. The van der Waals surface area contributed by atoms with Crippen molar-refractivity contribution in [2.24, 2.45) is 11.8 Å². The molecule has 2 aromatic carbocycles. The van der Waals surface area contributed by atoms with Gasteiger partial charge in [0.1, 0.15) is 0 Å². The second-order valence-electron chi connectivity index (χ2n) is 8.47. The summed E-state index contributed by atoms with van der Waals surface area (Å²) in [4.78, 5) is 0. The maximum atomic E-state index is 2.37. The standard InChI is InChI=1S/C23H30S/c1-15(2)20-14-21-18(8-7-9-19(21)22(20)24-6)16-10-12-17(13-11-16)23(3,4)5/h7-13,15,20,22H,14H2,1-6H3. The van der Waals surface area contributed by atoms with Gasteiger partial charge in [0.05, 0.1) is 0 Å². The number of hydrogen-bond donors (Lipinski definition) is 0. The molecule has 0 amide bonds. The number of benzene rings is 2. The molecule has 0 aromatic heterocycles. The molecular formula is C23H30S. The SMILES string of the molecule is CSC1c2cccc(-c3ccc(C(C)(C)C)cc3)c2CC1C(C)C. The van der Waals surface area contributed by atoms with E-state index in [1.165, 1.54) is 23.1 Å². The van der Waals surface area contributed by atoms with Crippen LogP contribution < -0.4 is 0 Å². The molecule has 1 aliphatic rings. The van der Waals surface area contributed by atoms with E-state index in [-0.39, 0.29) is 5.41 Å². The fraction of sp³-hybridized carbons (Fsp3) is 0.478. The minimum Gasteiger partial charge on any atom is -0.157 e. The van der Waals surface area contributed by atoms with Crippen molar-refractivity contribution < 1.29 is 0 Å². The first-order chi connectivity index (χ1) is 11.3. The van der Waals surface area contributed by atoms with Crippen LogP contribution in [-0.2, 0) is 11.8 Å². The van der Waals surface area contributed by atoms with Crippen LogP contribution in [0.1, 0.15) is 56.6 Å². The predicted octanol–water partition coefficient (Wildman–Crippen LogP) is 6.88. The van der Waals surface area contributed by atoms with E-state index in [9.17, 15) is 0 Å². The van der Waals surface area contributed by atoms with Crippen LogP contribution in [0.5, 0.6) is 0 Å². The Morgan fingerprint density at radius 1 is 1.00 bits per heavy atom. The van der Waals surface area contributed by atoms with Crippen molar-refractivity contribution >= 4 is 11.8 Å². The Kier molecular flexibility index (Phi) is 4.84. The summed E-state index contributed by atoms with van der Waals surface area (Å²) in [5, 5.41) is 0.647. The Morgan fingerprint density at radius 2 is 1.67 bits per heavy atom. The molecule has 128 valence electrons. The van der Waals surface area contributed by atoms with Crippen LogP contribution in [0.15, 0.2) is 42.5 Å². The summed E-state index contributed by atoms with van der Waals surface area (Å²) >= 11 is 2.02. The van der Waals surface area contributed by atoms with Gasteiger partial charge in [0.2, 0.25) is 0 Å². The highest BCUT2D eigenvalue weighted by atomic mass is 32.2. The summed E-state index contributed by atoms with van der Waals surface area (Å²) in [6, 6.07) is 16.1. The lowest BCUT2D eigenvalue weighted by molar-refractivity contribution is 0.398. The Morgan fingerprint density at radius 3 is 2.21 bits per heavy atom. The highest BCUT2D eigenvalue weighted by Crippen LogP contribution is 2.49. The zero-order valence-corrected chi connectivity index (χ0v) is 16.7. The van der Waals surface area contributed by atoms with Crippen molar-refractivity contribution in [3.8, 4) is 11.1 Å². The third kappa shape index (κ3) is 3.16. The first-order valence-electron chi connectivity index (χ1n) is 9.08. The number of rotatable bonds is 3. The molecule has 2 aromatic rings. The molecule has 0 aliphatic heterocycles. The molecule has 2 atom stereocenters. The Labute approximate surface area is 152 Å². The Balaban J connectivity index is 2.02. The van der Waals surface area contributed by atoms with Crippen LogP contribution in [0.3, 0.4) is 0 Å². The third-order valence-electron chi connectivity index (χ3n) is 5.52. The summed E-state index contributed by atoms with van der Waals surface area (Å²) in [5.74, 6) is 1.48. The van der Waals surface area contributed by atoms with E-state index in [0.29, 0.717) is 5.25 Å². The normalized spacial score (nSPS) is 20.5. The average molecular weight is 339 g/mol. The molecular weight excluding hydrogens is 308 g/mol. The van der Waals surface area contributed by atoms with Gasteiger partial charge in [0.15, 0.2) is 0 Å². The molecule has 0 saturated carbocycles. The Bertz CT molecular complexity index is 704. The van der Waals surface area contributed by atoms with Gasteiger partial charge in [-0.3, -0.25) is 0 Å². The lowest BCUT2D eigenvalue weighted by Crippen LogP contribution is -2.11. The van der Waals surface area contributed by atoms with E-state index in [2.05, 4.69) is 83.3 Å². The van der Waals surface area contributed by atoms with Crippen LogP contribution in [0.25, 0.3) is 11.1 Å². The summed E-state index contributed by atoms with van der Waals surface area (Å²) < 4.78 is 0. The fourth-order valence-corrected chi connectivity index (χ4v) is 5.21. The van der Waals surface area contributed by atoms with Crippen LogP contribution in [0.4, 0.5) is 0 Å². The monoisotopic (exact) mass is 338 g/mol. The molecule has 0 N–H and O–H groups in total. The van der Waals surface area contributed by atoms with Gasteiger partial charge < -0.3 is 0 Å². The summed E-state index contributed by atoms with van der Waals surface area (Å²) in [6.45, 7) is 11.6. The Hall–Kier alpha value is -1.21. The number of thioether (sulfide) groups is 1. The summed E-state index contributed by atoms with van der Waals surface area (Å²) in [5.41, 5.74) is 7.57. The molecule has 0 bridgehead atoms. The molecule has 0 heterocycles. The number of hydrogen-bond acceptors (Lipinski definition) is 1. The first-order valence-corrected chi connectivity index (χ1v) is 10.4. The van der Waals surface area contributed by atoms with Gasteiger partial charge in [-0.25, -0.2) is 0 Å². The molecule has 0 saturated heterocycles. The van der Waals surface area contributed by atoms with E-state index in [0.717, 1.165) is 11.8 Å². The van der Waals surface area contributed by atoms with E-state index >= 15 is 0 Å². The molecule has 2 unspecified atom stereocenters. The van der Waals surface area contributed by atoms with Gasteiger partial charge in [-0.2, -0.15) is 11.8 Å². The third-order valence-corrected chi connectivity index (χ3v) is 6.63. The van der Waals surface area contributed by atoms with Gasteiger partial charge in [-0.05, 0) is 57.7 Å². The molecule has 1 aliphatic carbocycles. The lowest BCUT2D eigenvalue weighted by Gasteiger charge is -2.21. The zero-order valence-electron chi connectivity index (χ0n) is 15.9. The molecule has 0 fully saturated rings. The molecule has 3 rings (SSSR count). The molecule has 0 nitrogen and oxygen atoms in total. The largest absolute Gasteiger partial charge is 0.157 e. The van der Waals surface area contributed by atoms with Gasteiger partial charge in [-0.1, -0.05) is 77.1 Å². The van der Waals surface area contributed by atoms with Gasteiger partial charge >= 0.3 is 0 Å². The van der Waals surface area contributed by atoms with E-state index in [1.807, 2.05) is 11.8 Å². The van der Waals surface area contributed by atoms with E-state index < -0.39 is 0 Å². The van der Waals surface area contributed by atoms with Crippen molar-refractivity contribution in [2.45, 2.75) is 51.7 Å². The van der Waals surface area contributed by atoms with Crippen molar-refractivity contribution in [2.75, 3.05) is 6.26 Å². The number of fused-ring (bicyclic) bond motifs is 1. The van der Waals surface area contributed by atoms with Crippen LogP contribution in [0, 0.1) is 11.8 Å². The maximum Gasteiger partial charge on any atom is 0.0331 e. The topological polar surface area (TPSA) is 0 Å². The lowest BCUT2D eigenvalue weighted by atomic mass is 9.85. The van der Waals surface area contributed by atoms with Gasteiger partial charge in [-0.15, -0.1) is 0 Å². The first kappa shape index (κ1) is 17.6. The maximum absolute atomic E-state index is 2.37. The van der Waals surface area contributed by atoms with Crippen molar-refractivity contribution in [1.82, 2.24) is 0 Å². The molecule has 24 heavy (non-hydrogen) atoms. The molecule has 0 spiro atoms. The van der Waals surface area contributed by atoms with E-state index in [1.54, 1.807) is 11.1 Å². The van der Waals surface area contributed by atoms with Crippen molar-refractivity contribution in [3.05, 3.63) is 59.2 Å². The van der Waals surface area contributed by atoms with Gasteiger partial charge in [0, 0.05) is 5.25 Å². The minimum absolute atomic E-state index is 0.212. The second kappa shape index (κ2) is 6.59. The second-order valence-corrected chi connectivity index (χ2v) is 9.45. The highest BCUT2D eigenvalue weighted by molar-refractivity contribution is 7.98. The fourth-order valence-electron chi connectivity index (χ4n) is 3.98. The minimum atomic E-state index is 0.212.